The van der Waals surface area contributed by atoms with Crippen molar-refractivity contribution < 1.29 is 34.4 Å². The Labute approximate surface area is 221 Å². The first-order valence-electron chi connectivity index (χ1n) is 12.6. The van der Waals surface area contributed by atoms with Crippen molar-refractivity contribution in [2.75, 3.05) is 27.7 Å². The third-order valence-corrected chi connectivity index (χ3v) is 8.04. The number of aromatic hydroxyl groups is 1. The molecule has 3 aliphatic carbocycles. The highest BCUT2D eigenvalue weighted by Gasteiger charge is 2.60. The molecular formula is C28H36FN3O6. The summed E-state index contributed by atoms with van der Waals surface area (Å²) in [6, 6.07) is 0.289. The van der Waals surface area contributed by atoms with Gasteiger partial charge in [-0.25, -0.2) is 4.39 Å². The first-order valence-corrected chi connectivity index (χ1v) is 12.6. The van der Waals surface area contributed by atoms with Crippen LogP contribution in [-0.4, -0.2) is 81.2 Å². The number of allylic oxidation sites excluding steroid dienone is 1. The van der Waals surface area contributed by atoms with Gasteiger partial charge >= 0.3 is 0 Å². The first kappa shape index (κ1) is 27.8. The van der Waals surface area contributed by atoms with Crippen LogP contribution in [0.2, 0.25) is 0 Å². The number of amides is 1. The summed E-state index contributed by atoms with van der Waals surface area (Å²) in [6.07, 6.45) is 0.0602. The molecule has 3 aliphatic rings. The Morgan fingerprint density at radius 1 is 1.26 bits per heavy atom. The van der Waals surface area contributed by atoms with Gasteiger partial charge in [-0.05, 0) is 51.9 Å². The predicted octanol–water partition coefficient (Wildman–Crippen LogP) is 2.33. The zero-order chi connectivity index (χ0) is 28.4. The number of aliphatic hydroxyl groups excluding tert-OH is 2. The molecule has 0 saturated carbocycles. The van der Waals surface area contributed by atoms with E-state index in [1.165, 1.54) is 6.07 Å². The molecule has 4 atom stereocenters. The number of benzene rings is 1. The number of hydrogen-bond acceptors (Lipinski definition) is 8. The highest BCUT2D eigenvalue weighted by atomic mass is 19.1. The highest BCUT2D eigenvalue weighted by molar-refractivity contribution is 6.13. The minimum absolute atomic E-state index is 0.00600. The molecule has 206 valence electrons. The number of phenols is 1. The maximum Gasteiger partial charge on any atom is 0.252 e. The van der Waals surface area contributed by atoms with Crippen molar-refractivity contribution in [3.63, 3.8) is 0 Å². The quantitative estimate of drug-likeness (QED) is 0.377. The van der Waals surface area contributed by atoms with Gasteiger partial charge < -0.3 is 31.1 Å². The van der Waals surface area contributed by atoms with Crippen molar-refractivity contribution in [1.29, 1.82) is 0 Å². The summed E-state index contributed by atoms with van der Waals surface area (Å²) in [5.41, 5.74) is 2.36. The minimum Gasteiger partial charge on any atom is -0.510 e. The lowest BCUT2D eigenvalue weighted by Crippen LogP contribution is -2.60. The molecule has 9 nitrogen and oxygen atoms in total. The third kappa shape index (κ3) is 4.02. The van der Waals surface area contributed by atoms with Crippen molar-refractivity contribution in [3.05, 3.63) is 63.4 Å². The van der Waals surface area contributed by atoms with Gasteiger partial charge in [-0.1, -0.05) is 20.4 Å². The number of halogens is 1. The van der Waals surface area contributed by atoms with Gasteiger partial charge in [-0.15, -0.1) is 0 Å². The average molecular weight is 530 g/mol. The molecule has 0 saturated heterocycles. The fourth-order valence-corrected chi connectivity index (χ4v) is 6.61. The summed E-state index contributed by atoms with van der Waals surface area (Å²) < 4.78 is 15.8. The Morgan fingerprint density at radius 2 is 1.89 bits per heavy atom. The molecule has 0 spiro atoms. The number of carbonyl (C=O) groups is 2. The number of likely N-dealkylation sites (N-methyl/N-ethyl adjacent to an activating group) is 1. The van der Waals surface area contributed by atoms with E-state index in [0.717, 1.165) is 0 Å². The monoisotopic (exact) mass is 529 g/mol. The van der Waals surface area contributed by atoms with E-state index >= 15 is 4.39 Å². The van der Waals surface area contributed by atoms with Gasteiger partial charge in [-0.3, -0.25) is 14.5 Å². The van der Waals surface area contributed by atoms with Crippen molar-refractivity contribution in [3.8, 4) is 5.75 Å². The summed E-state index contributed by atoms with van der Waals surface area (Å²) in [5, 5.41) is 45.0. The molecule has 1 aromatic rings. The second-order valence-electron chi connectivity index (χ2n) is 11.4. The molecule has 1 unspecified atom stereocenters. The van der Waals surface area contributed by atoms with E-state index in [1.54, 1.807) is 19.0 Å². The van der Waals surface area contributed by atoms with Crippen LogP contribution in [0.4, 0.5) is 4.39 Å². The largest absolute Gasteiger partial charge is 0.510 e. The molecule has 1 amide bonds. The number of carbonyl (C=O) groups excluding carboxylic acids is 2. The number of nitrogens with two attached hydrogens (primary N) is 1. The summed E-state index contributed by atoms with van der Waals surface area (Å²) in [7, 11) is 5.10. The molecule has 0 aliphatic heterocycles. The molecule has 1 aromatic carbocycles. The normalized spacial score (nSPS) is 27.3. The summed E-state index contributed by atoms with van der Waals surface area (Å²) in [4.78, 5) is 29.4. The van der Waals surface area contributed by atoms with Crippen LogP contribution in [0, 0.1) is 23.6 Å². The zero-order valence-corrected chi connectivity index (χ0v) is 22.4. The number of aliphatic hydroxyl groups is 3. The van der Waals surface area contributed by atoms with Crippen LogP contribution in [0.1, 0.15) is 41.8 Å². The highest BCUT2D eigenvalue weighted by Crippen LogP contribution is 2.55. The van der Waals surface area contributed by atoms with Gasteiger partial charge in [0.15, 0.2) is 11.4 Å². The molecule has 0 bridgehead atoms. The van der Waals surface area contributed by atoms with E-state index in [4.69, 9.17) is 5.73 Å². The molecule has 6 N–H and O–H groups in total. The second-order valence-corrected chi connectivity index (χ2v) is 11.4. The van der Waals surface area contributed by atoms with Gasteiger partial charge in [0.1, 0.15) is 23.1 Å². The molecule has 10 heteroatoms. The van der Waals surface area contributed by atoms with Crippen LogP contribution >= 0.6 is 0 Å². The fourth-order valence-electron chi connectivity index (χ4n) is 6.61. The maximum atomic E-state index is 15.8. The van der Waals surface area contributed by atoms with Crippen molar-refractivity contribution in [2.24, 2.45) is 23.5 Å². The number of ketones is 1. The standard InChI is InChI=1S/C28H36FN3O6/c1-12(2)10-32(6)11-15-9-18(33)21-16(22(15)29)7-14-8-17-23(31(4)5)25(35)19(27(30)37)13(3)28(17,38)26(36)20(14)24(21)34/h9,12,14,17,23,33,35-36,38H,3,7-8,10-11H2,1-2,4-6H3,(H2,30,37)/t14-,17?,23-,28-/m0/s1. The number of phenolic OH excluding ortho intramolecular Hbond substituents is 1. The molecule has 4 rings (SSSR count). The van der Waals surface area contributed by atoms with Gasteiger partial charge in [0, 0.05) is 41.3 Å². The van der Waals surface area contributed by atoms with E-state index in [-0.39, 0.29) is 53.0 Å². The van der Waals surface area contributed by atoms with Gasteiger partial charge in [0.05, 0.1) is 17.2 Å². The Hall–Kier alpha value is -3.21. The van der Waals surface area contributed by atoms with E-state index in [2.05, 4.69) is 6.58 Å². The van der Waals surface area contributed by atoms with E-state index in [0.29, 0.717) is 12.5 Å². The summed E-state index contributed by atoms with van der Waals surface area (Å²) in [5.74, 6) is -5.23. The van der Waals surface area contributed by atoms with Crippen LogP contribution < -0.4 is 5.73 Å². The number of Topliss-reactive ketones (excluding diaryl/α,β-unsaturated/α-hetero) is 1. The van der Waals surface area contributed by atoms with Gasteiger partial charge in [0.25, 0.3) is 5.91 Å². The van der Waals surface area contributed by atoms with E-state index < -0.39 is 58.1 Å². The second kappa shape index (κ2) is 9.52. The van der Waals surface area contributed by atoms with Crippen molar-refractivity contribution >= 4 is 11.7 Å². The number of nitrogens with zero attached hydrogens (tertiary/aromatic N) is 2. The smallest absolute Gasteiger partial charge is 0.252 e. The number of fused-ring (bicyclic) bond motifs is 3. The van der Waals surface area contributed by atoms with Crippen LogP contribution in [0.3, 0.4) is 0 Å². The minimum atomic E-state index is -2.28. The van der Waals surface area contributed by atoms with Crippen LogP contribution in [0.25, 0.3) is 0 Å². The SMILES string of the molecule is C=C1C(C(N)=O)=C(O)[C@@H](N(C)C)C2C[C@@H]3Cc4c(F)c(CN(C)CC(C)C)cc(O)c4C(=O)C3=C(O)[C@]12O. The average Bonchev–Trinajstić information content (AvgIpc) is 2.78. The van der Waals surface area contributed by atoms with Crippen LogP contribution in [-0.2, 0) is 17.8 Å². The van der Waals surface area contributed by atoms with Gasteiger partial charge in [0.2, 0.25) is 0 Å². The van der Waals surface area contributed by atoms with Crippen LogP contribution in [0.5, 0.6) is 5.75 Å². The van der Waals surface area contributed by atoms with Gasteiger partial charge in [-0.2, -0.15) is 0 Å². The molecule has 0 radical (unpaired) electrons. The molecule has 0 heterocycles. The predicted molar refractivity (Wildman–Crippen MR) is 139 cm³/mol. The lowest BCUT2D eigenvalue weighted by molar-refractivity contribution is -0.115. The molecule has 0 aromatic heterocycles. The first-order chi connectivity index (χ1) is 17.6. The summed E-state index contributed by atoms with van der Waals surface area (Å²) in [6.45, 7) is 8.79. The number of primary amides is 1. The zero-order valence-electron chi connectivity index (χ0n) is 22.4. The number of hydrogen-bond donors (Lipinski definition) is 5. The number of rotatable bonds is 6. The molecular weight excluding hydrogens is 493 g/mol. The Bertz CT molecular complexity index is 1300. The fraction of sp³-hybridized carbons (Fsp3) is 0.500. The van der Waals surface area contributed by atoms with E-state index in [1.807, 2.05) is 25.8 Å². The van der Waals surface area contributed by atoms with Crippen molar-refractivity contribution in [1.82, 2.24) is 9.80 Å². The maximum absolute atomic E-state index is 15.8. The molecule has 38 heavy (non-hydrogen) atoms. The Balaban J connectivity index is 1.86. The lowest BCUT2D eigenvalue weighted by Gasteiger charge is -2.52. The lowest BCUT2D eigenvalue weighted by atomic mass is 9.57. The topological polar surface area (TPSA) is 148 Å². The Kier molecular flexibility index (Phi) is 6.97. The Morgan fingerprint density at radius 3 is 2.45 bits per heavy atom. The molecule has 0 fully saturated rings. The van der Waals surface area contributed by atoms with Crippen molar-refractivity contribution in [2.45, 2.75) is 44.9 Å². The third-order valence-electron chi connectivity index (χ3n) is 8.04. The summed E-state index contributed by atoms with van der Waals surface area (Å²) >= 11 is 0. The van der Waals surface area contributed by atoms with E-state index in [9.17, 15) is 30.0 Å². The van der Waals surface area contributed by atoms with Crippen LogP contribution in [0.15, 0.2) is 40.9 Å².